The minimum absolute atomic E-state index is 0.0328. The van der Waals surface area contributed by atoms with E-state index in [1.165, 1.54) is 6.07 Å². The smallest absolute Gasteiger partial charge is 0.371 e. The summed E-state index contributed by atoms with van der Waals surface area (Å²) < 4.78 is 5.09. The van der Waals surface area contributed by atoms with Crippen molar-refractivity contribution in [1.29, 1.82) is 0 Å². The Labute approximate surface area is 95.7 Å². The summed E-state index contributed by atoms with van der Waals surface area (Å²) in [6.45, 7) is 1.21. The Morgan fingerprint density at radius 2 is 2.38 bits per heavy atom. The summed E-state index contributed by atoms with van der Waals surface area (Å²) in [5.41, 5.74) is 1.77. The highest BCUT2D eigenvalue weighted by Gasteiger charge is 2.08. The van der Waals surface area contributed by atoms with Gasteiger partial charge in [-0.2, -0.15) is 0 Å². The van der Waals surface area contributed by atoms with Gasteiger partial charge >= 0.3 is 5.97 Å². The molecule has 0 saturated heterocycles. The summed E-state index contributed by atoms with van der Waals surface area (Å²) in [5.74, 6) is -0.467. The predicted molar refractivity (Wildman–Crippen MR) is 58.3 cm³/mol. The molecular formula is C10H10N2O3S. The number of carboxylic acids is 1. The maximum Gasteiger partial charge on any atom is 0.371 e. The van der Waals surface area contributed by atoms with Crippen LogP contribution in [-0.2, 0) is 13.1 Å². The Bertz CT molecular complexity index is 464. The number of carboxylic acid groups (broad SMARTS) is 1. The number of furan rings is 1. The van der Waals surface area contributed by atoms with Gasteiger partial charge in [0.2, 0.25) is 5.76 Å². The Morgan fingerprint density at radius 1 is 1.50 bits per heavy atom. The van der Waals surface area contributed by atoms with Crippen molar-refractivity contribution in [2.45, 2.75) is 13.1 Å². The van der Waals surface area contributed by atoms with E-state index in [2.05, 4.69) is 10.3 Å². The van der Waals surface area contributed by atoms with Crippen molar-refractivity contribution < 1.29 is 14.3 Å². The fourth-order valence-electron chi connectivity index (χ4n) is 1.23. The Kier molecular flexibility index (Phi) is 3.33. The number of hydrogen-bond donors (Lipinski definition) is 2. The maximum absolute atomic E-state index is 10.6. The van der Waals surface area contributed by atoms with Crippen LogP contribution >= 0.6 is 11.3 Å². The molecule has 0 bridgehead atoms. The molecule has 0 aliphatic carbocycles. The van der Waals surface area contributed by atoms with Gasteiger partial charge < -0.3 is 14.8 Å². The molecule has 0 fully saturated rings. The van der Waals surface area contributed by atoms with Crippen LogP contribution in [0.4, 0.5) is 0 Å². The molecule has 2 aromatic heterocycles. The minimum atomic E-state index is -1.05. The number of carbonyl (C=O) groups is 1. The second-order valence-electron chi connectivity index (χ2n) is 3.14. The van der Waals surface area contributed by atoms with Gasteiger partial charge in [0.25, 0.3) is 0 Å². The number of aromatic nitrogens is 1. The molecule has 0 aliphatic rings. The summed E-state index contributed by atoms with van der Waals surface area (Å²) in [6.07, 6.45) is 1.79. The quantitative estimate of drug-likeness (QED) is 0.829. The number of nitrogens with zero attached hydrogens (tertiary/aromatic N) is 1. The highest BCUT2D eigenvalue weighted by Crippen LogP contribution is 2.09. The summed E-state index contributed by atoms with van der Waals surface area (Å²) in [7, 11) is 0. The van der Waals surface area contributed by atoms with E-state index in [1.807, 2.05) is 0 Å². The van der Waals surface area contributed by atoms with E-state index in [9.17, 15) is 4.79 Å². The van der Waals surface area contributed by atoms with Crippen LogP contribution in [0.25, 0.3) is 0 Å². The van der Waals surface area contributed by atoms with E-state index in [4.69, 9.17) is 9.52 Å². The number of nitrogens with one attached hydrogen (secondary N) is 1. The number of thiazole rings is 1. The van der Waals surface area contributed by atoms with Gasteiger partial charge in [0.1, 0.15) is 5.76 Å². The molecule has 84 valence electrons. The van der Waals surface area contributed by atoms with Crippen LogP contribution in [0.5, 0.6) is 0 Å². The highest BCUT2D eigenvalue weighted by atomic mass is 32.1. The third-order valence-electron chi connectivity index (χ3n) is 1.95. The van der Waals surface area contributed by atoms with Gasteiger partial charge in [-0.25, -0.2) is 4.79 Å². The zero-order valence-electron chi connectivity index (χ0n) is 8.34. The van der Waals surface area contributed by atoms with Crippen LogP contribution in [-0.4, -0.2) is 16.1 Å². The van der Waals surface area contributed by atoms with Crippen LogP contribution in [0.1, 0.15) is 21.2 Å². The van der Waals surface area contributed by atoms with E-state index < -0.39 is 5.97 Å². The molecule has 0 spiro atoms. The molecule has 6 heteroatoms. The third kappa shape index (κ3) is 2.68. The molecule has 0 amide bonds. The molecular weight excluding hydrogens is 228 g/mol. The summed E-state index contributed by atoms with van der Waals surface area (Å²) in [4.78, 5) is 15.6. The number of aromatic carboxylic acids is 1. The topological polar surface area (TPSA) is 75.4 Å². The van der Waals surface area contributed by atoms with Gasteiger partial charge in [-0.05, 0) is 12.1 Å². The standard InChI is InChI=1S/C10H10N2O3S/c13-10(14)9-2-1-7(15-9)3-11-4-8-5-12-6-16-8/h1-2,5-6,11H,3-4H2,(H,13,14). The second-order valence-corrected chi connectivity index (χ2v) is 4.11. The van der Waals surface area contributed by atoms with Crippen LogP contribution in [0, 0.1) is 0 Å². The number of rotatable bonds is 5. The molecule has 5 nitrogen and oxygen atoms in total. The minimum Gasteiger partial charge on any atom is -0.475 e. The Balaban J connectivity index is 1.83. The van der Waals surface area contributed by atoms with E-state index >= 15 is 0 Å². The molecule has 2 rings (SSSR count). The number of hydrogen-bond acceptors (Lipinski definition) is 5. The molecule has 0 saturated carbocycles. The lowest BCUT2D eigenvalue weighted by atomic mass is 10.4. The summed E-state index contributed by atoms with van der Waals surface area (Å²) in [6, 6.07) is 3.11. The van der Waals surface area contributed by atoms with Gasteiger partial charge in [0, 0.05) is 17.6 Å². The molecule has 2 N–H and O–H groups in total. The second kappa shape index (κ2) is 4.91. The zero-order valence-corrected chi connectivity index (χ0v) is 9.16. The summed E-state index contributed by atoms with van der Waals surface area (Å²) >= 11 is 1.57. The van der Waals surface area contributed by atoms with Crippen molar-refractivity contribution in [3.05, 3.63) is 40.2 Å². The van der Waals surface area contributed by atoms with E-state index in [-0.39, 0.29) is 5.76 Å². The molecule has 0 aromatic carbocycles. The van der Waals surface area contributed by atoms with Crippen molar-refractivity contribution in [3.8, 4) is 0 Å². The van der Waals surface area contributed by atoms with Crippen LogP contribution in [0.3, 0.4) is 0 Å². The zero-order chi connectivity index (χ0) is 11.4. The highest BCUT2D eigenvalue weighted by molar-refractivity contribution is 7.09. The van der Waals surface area contributed by atoms with Gasteiger partial charge in [-0.1, -0.05) is 0 Å². The van der Waals surface area contributed by atoms with Crippen molar-refractivity contribution in [2.24, 2.45) is 0 Å². The lowest BCUT2D eigenvalue weighted by Crippen LogP contribution is -2.11. The van der Waals surface area contributed by atoms with Gasteiger partial charge in [0.05, 0.1) is 12.1 Å². The van der Waals surface area contributed by atoms with Crippen LogP contribution in [0.15, 0.2) is 28.3 Å². The largest absolute Gasteiger partial charge is 0.475 e. The molecule has 2 heterocycles. The average Bonchev–Trinajstić information content (AvgIpc) is 2.87. The van der Waals surface area contributed by atoms with E-state index in [0.29, 0.717) is 18.8 Å². The van der Waals surface area contributed by atoms with Gasteiger partial charge in [-0.15, -0.1) is 11.3 Å². The monoisotopic (exact) mass is 238 g/mol. The molecule has 0 unspecified atom stereocenters. The van der Waals surface area contributed by atoms with Crippen LogP contribution in [0.2, 0.25) is 0 Å². The van der Waals surface area contributed by atoms with E-state index in [1.54, 1.807) is 29.1 Å². The maximum atomic E-state index is 10.6. The fourth-order valence-corrected chi connectivity index (χ4v) is 1.79. The molecule has 0 radical (unpaired) electrons. The Morgan fingerprint density at radius 3 is 3.00 bits per heavy atom. The first-order valence-corrected chi connectivity index (χ1v) is 5.54. The first kappa shape index (κ1) is 10.8. The molecule has 0 aliphatic heterocycles. The molecule has 16 heavy (non-hydrogen) atoms. The van der Waals surface area contributed by atoms with Gasteiger partial charge in [0.15, 0.2) is 0 Å². The first-order valence-electron chi connectivity index (χ1n) is 4.66. The van der Waals surface area contributed by atoms with Crippen molar-refractivity contribution in [1.82, 2.24) is 10.3 Å². The lowest BCUT2D eigenvalue weighted by molar-refractivity contribution is 0.0660. The first-order chi connectivity index (χ1) is 7.75. The van der Waals surface area contributed by atoms with Gasteiger partial charge in [-0.3, -0.25) is 4.98 Å². The van der Waals surface area contributed by atoms with E-state index in [0.717, 1.165) is 4.88 Å². The SMILES string of the molecule is O=C(O)c1ccc(CNCc2cncs2)o1. The van der Waals surface area contributed by atoms with Crippen molar-refractivity contribution in [3.63, 3.8) is 0 Å². The normalized spacial score (nSPS) is 10.5. The predicted octanol–water partition coefficient (Wildman–Crippen LogP) is 1.72. The average molecular weight is 238 g/mol. The van der Waals surface area contributed by atoms with Crippen molar-refractivity contribution >= 4 is 17.3 Å². The lowest BCUT2D eigenvalue weighted by Gasteiger charge is -1.98. The Hall–Kier alpha value is -1.66. The molecule has 2 aromatic rings. The van der Waals surface area contributed by atoms with Crippen LogP contribution < -0.4 is 5.32 Å². The molecule has 0 atom stereocenters. The summed E-state index contributed by atoms with van der Waals surface area (Å²) in [5, 5.41) is 11.8. The van der Waals surface area contributed by atoms with Crippen molar-refractivity contribution in [2.75, 3.05) is 0 Å². The fraction of sp³-hybridized carbons (Fsp3) is 0.200. The third-order valence-corrected chi connectivity index (χ3v) is 2.73.